The van der Waals surface area contributed by atoms with E-state index in [0.29, 0.717) is 6.04 Å². The molecule has 1 aliphatic carbocycles. The molecule has 1 aliphatic heterocycles. The van der Waals surface area contributed by atoms with Crippen molar-refractivity contribution in [2.75, 3.05) is 6.54 Å². The molecule has 1 heterocycles. The summed E-state index contributed by atoms with van der Waals surface area (Å²) in [7, 11) is 0. The molecule has 3 heteroatoms. The topological polar surface area (TPSA) is 46.3 Å². The molecule has 0 radical (unpaired) electrons. The van der Waals surface area contributed by atoms with E-state index >= 15 is 0 Å². The Morgan fingerprint density at radius 1 is 1.04 bits per heavy atom. The van der Waals surface area contributed by atoms with Gasteiger partial charge in [0.25, 0.3) is 0 Å². The second kappa shape index (κ2) is 7.24. The molecule has 2 atom stereocenters. The van der Waals surface area contributed by atoms with E-state index in [-0.39, 0.29) is 17.9 Å². The number of aryl methyl sites for hydroxylation is 1. The van der Waals surface area contributed by atoms with Gasteiger partial charge in [-0.1, -0.05) is 55.0 Å². The van der Waals surface area contributed by atoms with Crippen LogP contribution in [0.15, 0.2) is 48.5 Å². The maximum absolute atomic E-state index is 12.6. The van der Waals surface area contributed by atoms with Crippen molar-refractivity contribution in [3.05, 3.63) is 70.8 Å². The lowest BCUT2D eigenvalue weighted by Gasteiger charge is -2.43. The summed E-state index contributed by atoms with van der Waals surface area (Å²) in [5.74, 6) is 0.123. The SMILES string of the molecule is Cc1ccccc1C1CCCCN1C(C(N)=O)C1Cc2ccccc2C1. The Morgan fingerprint density at radius 2 is 1.69 bits per heavy atom. The summed E-state index contributed by atoms with van der Waals surface area (Å²) in [6.45, 7) is 3.13. The fraction of sp³-hybridized carbons (Fsp3) is 0.435. The van der Waals surface area contributed by atoms with Crippen LogP contribution in [0.3, 0.4) is 0 Å². The fourth-order valence-corrected chi connectivity index (χ4v) is 5.06. The van der Waals surface area contributed by atoms with Crippen LogP contribution < -0.4 is 5.73 Å². The van der Waals surface area contributed by atoms with Gasteiger partial charge in [0.15, 0.2) is 0 Å². The van der Waals surface area contributed by atoms with Crippen molar-refractivity contribution >= 4 is 5.91 Å². The van der Waals surface area contributed by atoms with Crippen LogP contribution in [0.1, 0.15) is 47.6 Å². The van der Waals surface area contributed by atoms with Gasteiger partial charge in [0.1, 0.15) is 0 Å². The number of hydrogen-bond donors (Lipinski definition) is 1. The van der Waals surface area contributed by atoms with E-state index in [9.17, 15) is 4.79 Å². The Morgan fingerprint density at radius 3 is 2.35 bits per heavy atom. The van der Waals surface area contributed by atoms with E-state index in [1.54, 1.807) is 0 Å². The largest absolute Gasteiger partial charge is 0.368 e. The maximum Gasteiger partial charge on any atom is 0.235 e. The standard InChI is InChI=1S/C23H28N2O/c1-16-8-2-5-11-20(16)21-12-6-7-13-25(21)22(23(24)26)19-14-17-9-3-4-10-18(17)15-19/h2-5,8-11,19,21-22H,6-7,12-15H2,1H3,(H2,24,26). The van der Waals surface area contributed by atoms with Gasteiger partial charge in [-0.25, -0.2) is 0 Å². The number of hydrogen-bond acceptors (Lipinski definition) is 2. The van der Waals surface area contributed by atoms with Crippen LogP contribution >= 0.6 is 0 Å². The van der Waals surface area contributed by atoms with Gasteiger partial charge in [0.05, 0.1) is 6.04 Å². The first-order chi connectivity index (χ1) is 12.6. The first-order valence-electron chi connectivity index (χ1n) is 9.82. The number of fused-ring (bicyclic) bond motifs is 1. The number of piperidine rings is 1. The minimum absolute atomic E-state index is 0.164. The Hall–Kier alpha value is -2.13. The van der Waals surface area contributed by atoms with Crippen molar-refractivity contribution in [3.8, 4) is 0 Å². The number of nitrogens with two attached hydrogens (primary N) is 1. The average Bonchev–Trinajstić information content (AvgIpc) is 3.06. The lowest BCUT2D eigenvalue weighted by atomic mass is 9.86. The lowest BCUT2D eigenvalue weighted by Crippen LogP contribution is -2.52. The molecule has 2 N–H and O–H groups in total. The highest BCUT2D eigenvalue weighted by Crippen LogP contribution is 2.39. The van der Waals surface area contributed by atoms with Crippen molar-refractivity contribution in [2.45, 2.75) is 51.1 Å². The zero-order valence-electron chi connectivity index (χ0n) is 15.5. The normalized spacial score (nSPS) is 22.1. The van der Waals surface area contributed by atoms with E-state index in [4.69, 9.17) is 5.73 Å². The lowest BCUT2D eigenvalue weighted by molar-refractivity contribution is -0.127. The summed E-state index contributed by atoms with van der Waals surface area (Å²) in [6, 6.07) is 17.3. The Labute approximate surface area is 156 Å². The zero-order chi connectivity index (χ0) is 18.1. The van der Waals surface area contributed by atoms with Crippen molar-refractivity contribution < 1.29 is 4.79 Å². The molecule has 1 saturated heterocycles. The molecule has 2 aliphatic rings. The summed E-state index contributed by atoms with van der Waals surface area (Å²) >= 11 is 0. The van der Waals surface area contributed by atoms with Crippen LogP contribution in [-0.4, -0.2) is 23.4 Å². The van der Waals surface area contributed by atoms with Crippen molar-refractivity contribution in [3.63, 3.8) is 0 Å². The summed E-state index contributed by atoms with van der Waals surface area (Å²) in [6.07, 6.45) is 5.38. The molecule has 3 nitrogen and oxygen atoms in total. The van der Waals surface area contributed by atoms with Gasteiger partial charge >= 0.3 is 0 Å². The molecule has 2 aromatic rings. The van der Waals surface area contributed by atoms with Gasteiger partial charge in [0, 0.05) is 6.04 Å². The number of amides is 1. The smallest absolute Gasteiger partial charge is 0.235 e. The molecule has 0 spiro atoms. The van der Waals surface area contributed by atoms with E-state index < -0.39 is 0 Å². The van der Waals surface area contributed by atoms with Crippen LogP contribution in [0.5, 0.6) is 0 Å². The highest BCUT2D eigenvalue weighted by Gasteiger charge is 2.40. The minimum atomic E-state index is -0.188. The number of benzene rings is 2. The molecule has 2 aromatic carbocycles. The average molecular weight is 348 g/mol. The van der Waals surface area contributed by atoms with Gasteiger partial charge in [-0.05, 0) is 67.3 Å². The number of primary amides is 1. The molecule has 2 unspecified atom stereocenters. The molecule has 1 fully saturated rings. The van der Waals surface area contributed by atoms with Crippen LogP contribution in [-0.2, 0) is 17.6 Å². The third-order valence-electron chi connectivity index (χ3n) is 6.27. The number of nitrogens with zero attached hydrogens (tertiary/aromatic N) is 1. The maximum atomic E-state index is 12.6. The third-order valence-corrected chi connectivity index (χ3v) is 6.27. The summed E-state index contributed by atoms with van der Waals surface area (Å²) < 4.78 is 0. The van der Waals surface area contributed by atoms with Gasteiger partial charge in [0.2, 0.25) is 5.91 Å². The van der Waals surface area contributed by atoms with Crippen LogP contribution in [0.25, 0.3) is 0 Å². The molecule has 1 amide bonds. The van der Waals surface area contributed by atoms with Crippen molar-refractivity contribution in [1.29, 1.82) is 0 Å². The van der Waals surface area contributed by atoms with Gasteiger partial charge in [-0.3, -0.25) is 9.69 Å². The molecule has 0 aromatic heterocycles. The Balaban J connectivity index is 1.65. The highest BCUT2D eigenvalue weighted by atomic mass is 16.1. The van der Waals surface area contributed by atoms with E-state index in [1.807, 2.05) is 0 Å². The molecule has 136 valence electrons. The van der Waals surface area contributed by atoms with E-state index in [2.05, 4.69) is 60.4 Å². The first kappa shape index (κ1) is 17.3. The number of carbonyl (C=O) groups is 1. The van der Waals surface area contributed by atoms with E-state index in [1.165, 1.54) is 28.7 Å². The first-order valence-corrected chi connectivity index (χ1v) is 9.82. The van der Waals surface area contributed by atoms with Gasteiger partial charge < -0.3 is 5.73 Å². The summed E-state index contributed by atoms with van der Waals surface area (Å²) in [5.41, 5.74) is 11.4. The minimum Gasteiger partial charge on any atom is -0.368 e. The van der Waals surface area contributed by atoms with Gasteiger partial charge in [-0.2, -0.15) is 0 Å². The third kappa shape index (κ3) is 3.16. The molecule has 0 saturated carbocycles. The van der Waals surface area contributed by atoms with E-state index in [0.717, 1.165) is 32.2 Å². The predicted octanol–water partition coefficient (Wildman–Crippen LogP) is 3.79. The van der Waals surface area contributed by atoms with Crippen molar-refractivity contribution in [1.82, 2.24) is 4.90 Å². The number of likely N-dealkylation sites (tertiary alicyclic amines) is 1. The highest BCUT2D eigenvalue weighted by molar-refractivity contribution is 5.80. The molecular formula is C23H28N2O. The van der Waals surface area contributed by atoms with Crippen LogP contribution in [0, 0.1) is 12.8 Å². The van der Waals surface area contributed by atoms with Gasteiger partial charge in [-0.15, -0.1) is 0 Å². The fourth-order valence-electron chi connectivity index (χ4n) is 5.06. The molecule has 26 heavy (non-hydrogen) atoms. The number of carbonyl (C=O) groups excluding carboxylic acids is 1. The Bertz CT molecular complexity index is 775. The summed E-state index contributed by atoms with van der Waals surface area (Å²) in [4.78, 5) is 15.0. The molecule has 0 bridgehead atoms. The van der Waals surface area contributed by atoms with Crippen LogP contribution in [0.2, 0.25) is 0 Å². The summed E-state index contributed by atoms with van der Waals surface area (Å²) in [5, 5.41) is 0. The molecular weight excluding hydrogens is 320 g/mol. The second-order valence-electron chi connectivity index (χ2n) is 7.89. The predicted molar refractivity (Wildman–Crippen MR) is 105 cm³/mol. The van der Waals surface area contributed by atoms with Crippen molar-refractivity contribution in [2.24, 2.45) is 11.7 Å². The molecule has 4 rings (SSSR count). The monoisotopic (exact) mass is 348 g/mol. The Kier molecular flexibility index (Phi) is 4.82. The quantitative estimate of drug-likeness (QED) is 0.914. The second-order valence-corrected chi connectivity index (χ2v) is 7.89. The zero-order valence-corrected chi connectivity index (χ0v) is 15.5. The van der Waals surface area contributed by atoms with Crippen LogP contribution in [0.4, 0.5) is 0 Å². The number of rotatable bonds is 4.